The standard InChI is InChI=1S/C38H72O6/c1-4-7-10-13-16-18-20-22-25-28-31-37(40)43-34-35(33-42-36(39)30-27-24-21-15-12-9-6-3)44-38(41)32-29-26-23-19-17-14-11-8-5-2/h35H,4-34H2,1-3H3/t35-/m0/s1. The molecule has 0 aliphatic heterocycles. The zero-order valence-electron chi connectivity index (χ0n) is 29.4. The quantitative estimate of drug-likeness (QED) is 0.0402. The Labute approximate surface area is 272 Å². The van der Waals surface area contributed by atoms with E-state index in [9.17, 15) is 14.4 Å². The normalized spacial score (nSPS) is 11.8. The van der Waals surface area contributed by atoms with Crippen molar-refractivity contribution in [3.63, 3.8) is 0 Å². The summed E-state index contributed by atoms with van der Waals surface area (Å²) >= 11 is 0. The van der Waals surface area contributed by atoms with Crippen LogP contribution in [0.1, 0.15) is 207 Å². The maximum atomic E-state index is 12.5. The number of ether oxygens (including phenoxy) is 3. The Kier molecular flexibility index (Phi) is 33.0. The van der Waals surface area contributed by atoms with Crippen LogP contribution < -0.4 is 0 Å². The lowest BCUT2D eigenvalue weighted by Gasteiger charge is -2.18. The molecular formula is C38H72O6. The van der Waals surface area contributed by atoms with Crippen molar-refractivity contribution in [2.75, 3.05) is 13.2 Å². The van der Waals surface area contributed by atoms with E-state index < -0.39 is 6.10 Å². The first-order valence-electron chi connectivity index (χ1n) is 19.0. The van der Waals surface area contributed by atoms with Gasteiger partial charge in [-0.2, -0.15) is 0 Å². The molecule has 0 aromatic carbocycles. The molecular weight excluding hydrogens is 552 g/mol. The van der Waals surface area contributed by atoms with Crippen molar-refractivity contribution >= 4 is 17.9 Å². The van der Waals surface area contributed by atoms with Gasteiger partial charge < -0.3 is 14.2 Å². The molecule has 0 saturated heterocycles. The van der Waals surface area contributed by atoms with Crippen LogP contribution in [0.4, 0.5) is 0 Å². The summed E-state index contributed by atoms with van der Waals surface area (Å²) < 4.78 is 16.5. The molecule has 0 aromatic rings. The molecule has 0 aliphatic carbocycles. The van der Waals surface area contributed by atoms with Crippen molar-refractivity contribution in [3.05, 3.63) is 0 Å². The van der Waals surface area contributed by atoms with Gasteiger partial charge in [0, 0.05) is 19.3 Å². The zero-order chi connectivity index (χ0) is 32.4. The van der Waals surface area contributed by atoms with Crippen LogP contribution >= 0.6 is 0 Å². The average molecular weight is 625 g/mol. The zero-order valence-corrected chi connectivity index (χ0v) is 29.4. The highest BCUT2D eigenvalue weighted by molar-refractivity contribution is 5.71. The highest BCUT2D eigenvalue weighted by atomic mass is 16.6. The van der Waals surface area contributed by atoms with Gasteiger partial charge in [0.05, 0.1) is 0 Å². The Balaban J connectivity index is 4.33. The lowest BCUT2D eigenvalue weighted by atomic mass is 10.1. The number of unbranched alkanes of at least 4 members (excludes halogenated alkanes) is 23. The predicted molar refractivity (Wildman–Crippen MR) is 183 cm³/mol. The molecule has 0 N–H and O–H groups in total. The lowest BCUT2D eigenvalue weighted by Crippen LogP contribution is -2.30. The van der Waals surface area contributed by atoms with Gasteiger partial charge in [-0.3, -0.25) is 14.4 Å². The third-order valence-electron chi connectivity index (χ3n) is 8.36. The SMILES string of the molecule is CCCCCCCCCCCCC(=O)OC[C@H](COC(=O)CCCCCCCCC)OC(=O)CCCCCCCCCCC. The fraction of sp³-hybridized carbons (Fsp3) is 0.921. The smallest absolute Gasteiger partial charge is 0.306 e. The molecule has 0 heterocycles. The molecule has 0 spiro atoms. The largest absolute Gasteiger partial charge is 0.462 e. The number of rotatable bonds is 34. The monoisotopic (exact) mass is 625 g/mol. The second kappa shape index (κ2) is 34.3. The summed E-state index contributed by atoms with van der Waals surface area (Å²) in [5, 5.41) is 0. The maximum absolute atomic E-state index is 12.5. The number of hydrogen-bond acceptors (Lipinski definition) is 6. The average Bonchev–Trinajstić information content (AvgIpc) is 3.02. The second-order valence-electron chi connectivity index (χ2n) is 12.9. The molecule has 0 radical (unpaired) electrons. The molecule has 0 aliphatic rings. The lowest BCUT2D eigenvalue weighted by molar-refractivity contribution is -0.167. The van der Waals surface area contributed by atoms with E-state index in [2.05, 4.69) is 20.8 Å². The van der Waals surface area contributed by atoms with Crippen LogP contribution in [0.2, 0.25) is 0 Å². The van der Waals surface area contributed by atoms with Crippen LogP contribution in [-0.2, 0) is 28.6 Å². The fourth-order valence-corrected chi connectivity index (χ4v) is 5.44. The van der Waals surface area contributed by atoms with Crippen LogP contribution in [0.5, 0.6) is 0 Å². The van der Waals surface area contributed by atoms with Gasteiger partial charge in [0.2, 0.25) is 0 Å². The van der Waals surface area contributed by atoms with Crippen molar-refractivity contribution in [2.24, 2.45) is 0 Å². The molecule has 6 nitrogen and oxygen atoms in total. The van der Waals surface area contributed by atoms with E-state index in [4.69, 9.17) is 14.2 Å². The second-order valence-corrected chi connectivity index (χ2v) is 12.9. The van der Waals surface area contributed by atoms with E-state index in [1.807, 2.05) is 0 Å². The minimum atomic E-state index is -0.754. The summed E-state index contributed by atoms with van der Waals surface area (Å²) in [6.45, 7) is 6.55. The van der Waals surface area contributed by atoms with E-state index in [0.717, 1.165) is 57.8 Å². The number of carbonyl (C=O) groups is 3. The first-order chi connectivity index (χ1) is 21.5. The Bertz CT molecular complexity index is 649. The van der Waals surface area contributed by atoms with Gasteiger partial charge in [-0.05, 0) is 19.3 Å². The Hall–Kier alpha value is -1.59. The van der Waals surface area contributed by atoms with Gasteiger partial charge in [-0.25, -0.2) is 0 Å². The van der Waals surface area contributed by atoms with E-state index in [0.29, 0.717) is 19.3 Å². The molecule has 0 saturated carbocycles. The number of carbonyl (C=O) groups excluding carboxylic acids is 3. The molecule has 0 bridgehead atoms. The van der Waals surface area contributed by atoms with Gasteiger partial charge in [0.15, 0.2) is 6.10 Å². The van der Waals surface area contributed by atoms with E-state index in [-0.39, 0.29) is 31.1 Å². The summed E-state index contributed by atoms with van der Waals surface area (Å²) in [6.07, 6.45) is 30.9. The first kappa shape index (κ1) is 42.4. The summed E-state index contributed by atoms with van der Waals surface area (Å²) in [6, 6.07) is 0. The van der Waals surface area contributed by atoms with Gasteiger partial charge in [-0.1, -0.05) is 168 Å². The minimum Gasteiger partial charge on any atom is -0.462 e. The molecule has 0 unspecified atom stereocenters. The minimum absolute atomic E-state index is 0.0647. The summed E-state index contributed by atoms with van der Waals surface area (Å²) in [4.78, 5) is 37.2. The summed E-state index contributed by atoms with van der Waals surface area (Å²) in [7, 11) is 0. The van der Waals surface area contributed by atoms with Crippen LogP contribution in [0.3, 0.4) is 0 Å². The van der Waals surface area contributed by atoms with Crippen LogP contribution in [-0.4, -0.2) is 37.2 Å². The maximum Gasteiger partial charge on any atom is 0.306 e. The van der Waals surface area contributed by atoms with E-state index in [1.54, 1.807) is 0 Å². The molecule has 0 fully saturated rings. The number of hydrogen-bond donors (Lipinski definition) is 0. The molecule has 260 valence electrons. The van der Waals surface area contributed by atoms with Crippen molar-refractivity contribution in [1.82, 2.24) is 0 Å². The Morgan fingerprint density at radius 1 is 0.364 bits per heavy atom. The van der Waals surface area contributed by atoms with Crippen molar-refractivity contribution in [3.8, 4) is 0 Å². The Morgan fingerprint density at radius 3 is 0.909 bits per heavy atom. The van der Waals surface area contributed by atoms with Crippen LogP contribution in [0.15, 0.2) is 0 Å². The molecule has 0 aromatic heterocycles. The molecule has 1 atom stereocenters. The number of esters is 3. The van der Waals surface area contributed by atoms with Gasteiger partial charge in [0.1, 0.15) is 13.2 Å². The third-order valence-corrected chi connectivity index (χ3v) is 8.36. The molecule has 0 rings (SSSR count). The van der Waals surface area contributed by atoms with Gasteiger partial charge in [0.25, 0.3) is 0 Å². The van der Waals surface area contributed by atoms with Crippen LogP contribution in [0.25, 0.3) is 0 Å². The highest BCUT2D eigenvalue weighted by Gasteiger charge is 2.19. The topological polar surface area (TPSA) is 78.9 Å². The summed E-state index contributed by atoms with van der Waals surface area (Å²) in [5.74, 6) is -0.874. The van der Waals surface area contributed by atoms with Crippen molar-refractivity contribution in [1.29, 1.82) is 0 Å². The highest BCUT2D eigenvalue weighted by Crippen LogP contribution is 2.14. The van der Waals surface area contributed by atoms with Crippen LogP contribution in [0, 0.1) is 0 Å². The van der Waals surface area contributed by atoms with Crippen molar-refractivity contribution < 1.29 is 28.6 Å². The van der Waals surface area contributed by atoms with E-state index in [1.165, 1.54) is 109 Å². The van der Waals surface area contributed by atoms with Gasteiger partial charge in [-0.15, -0.1) is 0 Å². The Morgan fingerprint density at radius 2 is 0.614 bits per heavy atom. The predicted octanol–water partition coefficient (Wildman–Crippen LogP) is 11.4. The van der Waals surface area contributed by atoms with Gasteiger partial charge >= 0.3 is 17.9 Å². The molecule has 6 heteroatoms. The van der Waals surface area contributed by atoms with Crippen molar-refractivity contribution in [2.45, 2.75) is 213 Å². The summed E-state index contributed by atoms with van der Waals surface area (Å²) in [5.41, 5.74) is 0. The molecule has 44 heavy (non-hydrogen) atoms. The first-order valence-corrected chi connectivity index (χ1v) is 19.0. The third kappa shape index (κ3) is 31.8. The van der Waals surface area contributed by atoms with E-state index >= 15 is 0 Å². The fourth-order valence-electron chi connectivity index (χ4n) is 5.44. The molecule has 0 amide bonds.